The number of para-hydroxylation sites is 1. The molecule has 0 saturated carbocycles. The summed E-state index contributed by atoms with van der Waals surface area (Å²) in [5.41, 5.74) is 1.60. The van der Waals surface area contributed by atoms with Crippen LogP contribution in [0, 0.1) is 5.82 Å². The van der Waals surface area contributed by atoms with Crippen molar-refractivity contribution >= 4 is 22.6 Å². The molecule has 5 nitrogen and oxygen atoms in total. The zero-order chi connectivity index (χ0) is 21.6. The summed E-state index contributed by atoms with van der Waals surface area (Å²) >= 11 is 0. The molecule has 0 aliphatic carbocycles. The Morgan fingerprint density at radius 3 is 2.81 bits per heavy atom. The SMILES string of the molecule is CCC1CCCCN1c1ccc2cccc(OCC(=O)NCc3ccc(F)cc3)c2n1. The van der Waals surface area contributed by atoms with Crippen LogP contribution in [-0.2, 0) is 11.3 Å². The van der Waals surface area contributed by atoms with Crippen LogP contribution < -0.4 is 15.0 Å². The number of piperidine rings is 1. The molecule has 1 aliphatic rings. The molecule has 1 atom stereocenters. The Morgan fingerprint density at radius 1 is 1.16 bits per heavy atom. The van der Waals surface area contributed by atoms with Crippen LogP contribution in [0.15, 0.2) is 54.6 Å². The molecule has 1 fully saturated rings. The number of hydrogen-bond donors (Lipinski definition) is 1. The lowest BCUT2D eigenvalue weighted by molar-refractivity contribution is -0.123. The van der Waals surface area contributed by atoms with Gasteiger partial charge < -0.3 is 15.0 Å². The summed E-state index contributed by atoms with van der Waals surface area (Å²) in [5.74, 6) is 1.04. The van der Waals surface area contributed by atoms with Gasteiger partial charge in [-0.15, -0.1) is 0 Å². The average molecular weight is 422 g/mol. The van der Waals surface area contributed by atoms with Crippen molar-refractivity contribution in [1.82, 2.24) is 10.3 Å². The van der Waals surface area contributed by atoms with E-state index in [1.807, 2.05) is 18.2 Å². The van der Waals surface area contributed by atoms with Gasteiger partial charge in [0, 0.05) is 24.5 Å². The number of pyridine rings is 1. The topological polar surface area (TPSA) is 54.5 Å². The van der Waals surface area contributed by atoms with Gasteiger partial charge in [-0.2, -0.15) is 0 Å². The standard InChI is InChI=1S/C25H28FN3O2/c1-2-21-7-3-4-15-29(21)23-14-11-19-6-5-8-22(25(19)28-23)31-17-24(30)27-16-18-9-12-20(26)13-10-18/h5-6,8-14,21H,2-4,7,15-17H2,1H3,(H,27,30). The van der Waals surface area contributed by atoms with E-state index in [1.165, 1.54) is 31.4 Å². The van der Waals surface area contributed by atoms with Crippen LogP contribution >= 0.6 is 0 Å². The van der Waals surface area contributed by atoms with E-state index < -0.39 is 0 Å². The summed E-state index contributed by atoms with van der Waals surface area (Å²) in [6, 6.07) is 16.5. The molecule has 162 valence electrons. The zero-order valence-corrected chi connectivity index (χ0v) is 17.8. The first-order valence-electron chi connectivity index (χ1n) is 10.9. The van der Waals surface area contributed by atoms with Crippen molar-refractivity contribution in [3.63, 3.8) is 0 Å². The molecule has 1 saturated heterocycles. The summed E-state index contributed by atoms with van der Waals surface area (Å²) in [6.07, 6.45) is 4.75. The zero-order valence-electron chi connectivity index (χ0n) is 17.8. The van der Waals surface area contributed by atoms with Crippen molar-refractivity contribution in [3.8, 4) is 5.75 Å². The first kappa shape index (κ1) is 21.1. The van der Waals surface area contributed by atoms with Crippen molar-refractivity contribution in [2.75, 3.05) is 18.1 Å². The van der Waals surface area contributed by atoms with E-state index >= 15 is 0 Å². The lowest BCUT2D eigenvalue weighted by Crippen LogP contribution is -2.39. The van der Waals surface area contributed by atoms with Crippen LogP contribution in [-0.4, -0.2) is 30.1 Å². The van der Waals surface area contributed by atoms with Gasteiger partial charge in [0.2, 0.25) is 0 Å². The highest BCUT2D eigenvalue weighted by Crippen LogP contribution is 2.30. The molecule has 2 heterocycles. The number of carbonyl (C=O) groups excluding carboxylic acids is 1. The molecule has 31 heavy (non-hydrogen) atoms. The number of anilines is 1. The van der Waals surface area contributed by atoms with Gasteiger partial charge in [-0.3, -0.25) is 4.79 Å². The maximum absolute atomic E-state index is 13.0. The van der Waals surface area contributed by atoms with E-state index in [4.69, 9.17) is 9.72 Å². The van der Waals surface area contributed by atoms with Crippen molar-refractivity contribution in [1.29, 1.82) is 0 Å². The third-order valence-corrected chi connectivity index (χ3v) is 5.82. The number of aromatic nitrogens is 1. The van der Waals surface area contributed by atoms with E-state index in [1.54, 1.807) is 12.1 Å². The number of hydrogen-bond acceptors (Lipinski definition) is 4. The van der Waals surface area contributed by atoms with E-state index in [0.29, 0.717) is 18.3 Å². The summed E-state index contributed by atoms with van der Waals surface area (Å²) in [7, 11) is 0. The van der Waals surface area contributed by atoms with E-state index in [9.17, 15) is 9.18 Å². The van der Waals surface area contributed by atoms with Crippen molar-refractivity contribution in [2.45, 2.75) is 45.2 Å². The van der Waals surface area contributed by atoms with Crippen LogP contribution in [0.3, 0.4) is 0 Å². The number of ether oxygens (including phenoxy) is 1. The monoisotopic (exact) mass is 421 g/mol. The molecule has 4 rings (SSSR count). The minimum Gasteiger partial charge on any atom is -0.481 e. The van der Waals surface area contributed by atoms with Gasteiger partial charge in [-0.1, -0.05) is 31.2 Å². The number of nitrogens with zero attached hydrogens (tertiary/aromatic N) is 2. The minimum absolute atomic E-state index is 0.104. The molecule has 6 heteroatoms. The second-order valence-electron chi connectivity index (χ2n) is 7.94. The average Bonchev–Trinajstić information content (AvgIpc) is 2.82. The van der Waals surface area contributed by atoms with Gasteiger partial charge in [-0.05, 0) is 61.6 Å². The molecule has 1 amide bonds. The maximum atomic E-state index is 13.0. The minimum atomic E-state index is -0.295. The van der Waals surface area contributed by atoms with Crippen molar-refractivity contribution < 1.29 is 13.9 Å². The van der Waals surface area contributed by atoms with Crippen LogP contribution in [0.5, 0.6) is 5.75 Å². The fraction of sp³-hybridized carbons (Fsp3) is 0.360. The van der Waals surface area contributed by atoms with Gasteiger partial charge in [0.15, 0.2) is 6.61 Å². The summed E-state index contributed by atoms with van der Waals surface area (Å²) in [6.45, 7) is 3.47. The smallest absolute Gasteiger partial charge is 0.258 e. The Balaban J connectivity index is 1.44. The summed E-state index contributed by atoms with van der Waals surface area (Å²) in [4.78, 5) is 19.6. The molecule has 1 aromatic heterocycles. The van der Waals surface area contributed by atoms with Gasteiger partial charge in [0.05, 0.1) is 0 Å². The van der Waals surface area contributed by atoms with Gasteiger partial charge in [-0.25, -0.2) is 9.37 Å². The Labute approximate surface area is 182 Å². The Kier molecular flexibility index (Phi) is 6.65. The second-order valence-corrected chi connectivity index (χ2v) is 7.94. The third-order valence-electron chi connectivity index (χ3n) is 5.82. The highest BCUT2D eigenvalue weighted by Gasteiger charge is 2.22. The molecule has 0 radical (unpaired) electrons. The lowest BCUT2D eigenvalue weighted by atomic mass is 10.00. The number of halogens is 1. The number of fused-ring (bicyclic) bond motifs is 1. The van der Waals surface area contributed by atoms with E-state index in [-0.39, 0.29) is 18.3 Å². The third kappa shape index (κ3) is 5.13. The van der Waals surface area contributed by atoms with Crippen molar-refractivity contribution in [3.05, 3.63) is 66.0 Å². The number of rotatable bonds is 7. The van der Waals surface area contributed by atoms with Gasteiger partial charge >= 0.3 is 0 Å². The van der Waals surface area contributed by atoms with Crippen LogP contribution in [0.2, 0.25) is 0 Å². The maximum Gasteiger partial charge on any atom is 0.258 e. The second kappa shape index (κ2) is 9.77. The predicted molar refractivity (Wildman–Crippen MR) is 121 cm³/mol. The van der Waals surface area contributed by atoms with Crippen molar-refractivity contribution in [2.24, 2.45) is 0 Å². The summed E-state index contributed by atoms with van der Waals surface area (Å²) in [5, 5.41) is 3.78. The molecule has 1 N–H and O–H groups in total. The fourth-order valence-electron chi connectivity index (χ4n) is 4.11. The molecule has 1 aliphatic heterocycles. The highest BCUT2D eigenvalue weighted by molar-refractivity contribution is 5.86. The predicted octanol–water partition coefficient (Wildman–Crippen LogP) is 4.84. The number of carbonyl (C=O) groups is 1. The van der Waals surface area contributed by atoms with Gasteiger partial charge in [0.25, 0.3) is 5.91 Å². The molecule has 0 bridgehead atoms. The van der Waals surface area contributed by atoms with E-state index in [0.717, 1.165) is 35.2 Å². The quantitative estimate of drug-likeness (QED) is 0.593. The molecule has 0 spiro atoms. The number of benzene rings is 2. The normalized spacial score (nSPS) is 16.3. The first-order valence-corrected chi connectivity index (χ1v) is 10.9. The number of amides is 1. The highest BCUT2D eigenvalue weighted by atomic mass is 19.1. The molecule has 3 aromatic rings. The van der Waals surface area contributed by atoms with Gasteiger partial charge in [0.1, 0.15) is 22.9 Å². The van der Waals surface area contributed by atoms with Crippen LogP contribution in [0.1, 0.15) is 38.2 Å². The Hall–Kier alpha value is -3.15. The first-order chi connectivity index (χ1) is 15.1. The Bertz CT molecular complexity index is 1040. The molecule has 2 aromatic carbocycles. The Morgan fingerprint density at radius 2 is 2.00 bits per heavy atom. The summed E-state index contributed by atoms with van der Waals surface area (Å²) < 4.78 is 18.8. The fourth-order valence-corrected chi connectivity index (χ4v) is 4.11. The lowest BCUT2D eigenvalue weighted by Gasteiger charge is -2.36. The largest absolute Gasteiger partial charge is 0.481 e. The molecular formula is C25H28FN3O2. The molecular weight excluding hydrogens is 393 g/mol. The number of nitrogens with one attached hydrogen (secondary N) is 1. The van der Waals surface area contributed by atoms with Crippen LogP contribution in [0.4, 0.5) is 10.2 Å². The van der Waals surface area contributed by atoms with E-state index in [2.05, 4.69) is 29.3 Å². The van der Waals surface area contributed by atoms with Crippen LogP contribution in [0.25, 0.3) is 10.9 Å². The molecule has 1 unspecified atom stereocenters.